The van der Waals surface area contributed by atoms with Crippen molar-refractivity contribution in [2.24, 2.45) is 11.8 Å². The zero-order chi connectivity index (χ0) is 64.0. The summed E-state index contributed by atoms with van der Waals surface area (Å²) < 4.78 is 42.6. The summed E-state index contributed by atoms with van der Waals surface area (Å²) in [4.78, 5) is 30.9. The van der Waals surface area contributed by atoms with Gasteiger partial charge in [-0.15, -0.1) is 0 Å². The van der Waals surface area contributed by atoms with Crippen LogP contribution >= 0.6 is 0 Å². The average Bonchev–Trinajstić information content (AvgIpc) is 1.28. The van der Waals surface area contributed by atoms with Crippen LogP contribution in [0.4, 0.5) is 8.78 Å². The maximum absolute atomic E-state index is 15.8. The molecule has 0 aliphatic rings. The van der Waals surface area contributed by atoms with E-state index in [4.69, 9.17) is 0 Å². The molecule has 0 amide bonds. The molecule has 0 N–H and O–H groups in total. The minimum atomic E-state index is -0.349. The Labute approximate surface area is 571 Å². The van der Waals surface area contributed by atoms with E-state index in [1.807, 2.05) is 6.92 Å². The van der Waals surface area contributed by atoms with Gasteiger partial charge in [-0.25, -0.2) is 0 Å². The standard InChI is InChI=1S/C80H124F2N2O2Se4/c1-7-11-15-19-23-27-29-33-37-41-49-65(47-39-35-31-25-21-17-13-9-3)51-43-45-57-83-72-61-68(74-55-56-75(89-74)76-62-70(82)78(90-76)77-69(81)59-64(6)88-77)80(86)84(71(72)60-67(79(83)85)73-54-53-63(5)87-73)58-46-44-52-66(48-40-36-32-26-22-18-14-10-4)50-42-38-34-30-28-24-20-16-12-8-2/h53-56,59-62,65-66H,7-52,57-58H2,1-6H3. The van der Waals surface area contributed by atoms with Crippen LogP contribution in [-0.4, -0.2) is 67.1 Å². The van der Waals surface area contributed by atoms with Crippen LogP contribution in [0.15, 0.2) is 58.1 Å². The van der Waals surface area contributed by atoms with Crippen molar-refractivity contribution < 1.29 is 8.78 Å². The van der Waals surface area contributed by atoms with Crippen LogP contribution in [0.2, 0.25) is 0 Å². The molecule has 6 heterocycles. The number of aromatic nitrogens is 2. The first-order valence-electron chi connectivity index (χ1n) is 37.6. The van der Waals surface area contributed by atoms with Crippen LogP contribution in [0, 0.1) is 37.3 Å². The van der Waals surface area contributed by atoms with Crippen molar-refractivity contribution >= 4 is 69.0 Å². The third-order valence-electron chi connectivity index (χ3n) is 19.5. The summed E-state index contributed by atoms with van der Waals surface area (Å²) in [7, 11) is 0. The van der Waals surface area contributed by atoms with Gasteiger partial charge in [0.1, 0.15) is 0 Å². The predicted molar refractivity (Wildman–Crippen MR) is 393 cm³/mol. The van der Waals surface area contributed by atoms with Crippen LogP contribution in [0.5, 0.6) is 0 Å². The van der Waals surface area contributed by atoms with Gasteiger partial charge in [0.25, 0.3) is 0 Å². The van der Waals surface area contributed by atoms with E-state index < -0.39 is 0 Å². The Balaban J connectivity index is 1.26. The molecule has 90 heavy (non-hydrogen) atoms. The van der Waals surface area contributed by atoms with Gasteiger partial charge in [-0.2, -0.15) is 0 Å². The fourth-order valence-corrected chi connectivity index (χ4v) is 23.2. The van der Waals surface area contributed by atoms with Gasteiger partial charge in [0.15, 0.2) is 0 Å². The number of unbranched alkanes of at least 4 members (excludes halogenated alkanes) is 34. The third-order valence-corrected chi connectivity index (χ3v) is 30.1. The topological polar surface area (TPSA) is 44.0 Å². The van der Waals surface area contributed by atoms with Gasteiger partial charge in [-0.05, 0) is 0 Å². The smallest absolute Gasteiger partial charge is 0.0654 e. The maximum atomic E-state index is 15.8. The number of pyridine rings is 2. The molecule has 0 saturated heterocycles. The summed E-state index contributed by atoms with van der Waals surface area (Å²) >= 11 is -0.737. The SMILES string of the molecule is CCCCCCCCCCCCC(CCCCCCCCCC)CCCCn1c(=O)c(-c2ccc(C)[se]2)cc2c1cc(-c1ccc(-c3cc(F)c(-c4[se]c(C)cc4F)[se]3)[se]1)c(=O)n2CCCCC(CCCCCCCCCC)CCCCCCCCCCCC. The average molecular weight is 1500 g/mol. The first-order valence-corrected chi connectivity index (χ1v) is 44.5. The fourth-order valence-electron chi connectivity index (χ4n) is 14.0. The molecule has 0 aliphatic carbocycles. The molecule has 4 nitrogen and oxygen atoms in total. The molecule has 0 bridgehead atoms. The molecule has 2 atom stereocenters. The molecule has 0 aromatic carbocycles. The summed E-state index contributed by atoms with van der Waals surface area (Å²) in [5.74, 6) is 0.875. The first-order chi connectivity index (χ1) is 44.1. The van der Waals surface area contributed by atoms with Gasteiger partial charge in [-0.1, -0.05) is 207 Å². The molecule has 10 heteroatoms. The molecule has 0 saturated carbocycles. The molecule has 0 radical (unpaired) electrons. The minimum Gasteiger partial charge on any atom is -0.0654 e. The summed E-state index contributed by atoms with van der Waals surface area (Å²) in [6.45, 7) is 14.6. The molecule has 0 spiro atoms. The van der Waals surface area contributed by atoms with Crippen molar-refractivity contribution in [3.05, 3.63) is 89.7 Å². The molecular formula is C80H124F2N2O2Se4. The van der Waals surface area contributed by atoms with Crippen molar-refractivity contribution in [1.29, 1.82) is 0 Å². The zero-order valence-corrected chi connectivity index (χ0v) is 64.7. The normalized spacial score (nSPS) is 12.6. The summed E-state index contributed by atoms with van der Waals surface area (Å²) in [6, 6.07) is 16.0. The number of halogens is 2. The summed E-state index contributed by atoms with van der Waals surface area (Å²) in [6.07, 6.45) is 60.8. The van der Waals surface area contributed by atoms with Gasteiger partial charge in [0, 0.05) is 0 Å². The monoisotopic (exact) mass is 1500 g/mol. The molecule has 6 rings (SSSR count). The first kappa shape index (κ1) is 77.0. The number of rotatable bonds is 54. The van der Waals surface area contributed by atoms with Crippen LogP contribution in [-0.2, 0) is 13.1 Å². The molecule has 0 aliphatic heterocycles. The number of fused-ring (bicyclic) bond motifs is 1. The number of aryl methyl sites for hydroxylation is 4. The Morgan fingerprint density at radius 3 is 0.978 bits per heavy atom. The van der Waals surface area contributed by atoms with E-state index in [1.54, 1.807) is 12.1 Å². The van der Waals surface area contributed by atoms with E-state index >= 15 is 18.4 Å². The molecule has 6 aromatic rings. The molecular weight excluding hydrogens is 1370 g/mol. The fraction of sp³-hybridized carbons (Fsp3) is 0.700. The molecule has 6 aromatic heterocycles. The molecule has 2 unspecified atom stereocenters. The van der Waals surface area contributed by atoms with Gasteiger partial charge < -0.3 is 0 Å². The van der Waals surface area contributed by atoms with Crippen LogP contribution < -0.4 is 11.1 Å². The van der Waals surface area contributed by atoms with Crippen molar-refractivity contribution in [1.82, 2.24) is 9.13 Å². The van der Waals surface area contributed by atoms with Crippen molar-refractivity contribution in [2.45, 2.75) is 350 Å². The Kier molecular flexibility index (Phi) is 39.6. The summed E-state index contributed by atoms with van der Waals surface area (Å²) in [5, 5.41) is 0. The van der Waals surface area contributed by atoms with Crippen molar-refractivity contribution in [2.75, 3.05) is 0 Å². The van der Waals surface area contributed by atoms with E-state index in [1.165, 1.54) is 274 Å². The molecule has 0 fully saturated rings. The van der Waals surface area contributed by atoms with Gasteiger partial charge in [0.2, 0.25) is 0 Å². The Morgan fingerprint density at radius 2 is 0.633 bits per heavy atom. The third kappa shape index (κ3) is 27.6. The molecule has 504 valence electrons. The Morgan fingerprint density at radius 1 is 0.322 bits per heavy atom. The van der Waals surface area contributed by atoms with E-state index in [2.05, 4.69) is 80.2 Å². The number of hydrogen-bond acceptors (Lipinski definition) is 2. The van der Waals surface area contributed by atoms with Crippen LogP contribution in [0.3, 0.4) is 0 Å². The van der Waals surface area contributed by atoms with Gasteiger partial charge >= 0.3 is 369 Å². The van der Waals surface area contributed by atoms with E-state index in [0.29, 0.717) is 27.5 Å². The predicted octanol–water partition coefficient (Wildman–Crippen LogP) is 24.2. The zero-order valence-electron chi connectivity index (χ0n) is 57.8. The second kappa shape index (κ2) is 46.2. The van der Waals surface area contributed by atoms with Crippen molar-refractivity contribution in [3.8, 4) is 37.8 Å². The van der Waals surface area contributed by atoms with Gasteiger partial charge in [0.05, 0.1) is 0 Å². The second-order valence-corrected chi connectivity index (χ2v) is 37.2. The number of nitrogens with zero attached hydrogens (tertiary/aromatic N) is 2. The van der Waals surface area contributed by atoms with E-state index in [9.17, 15) is 0 Å². The number of hydrogen-bond donors (Lipinski definition) is 0. The van der Waals surface area contributed by atoms with E-state index in [-0.39, 0.29) is 80.8 Å². The Hall–Kier alpha value is -1.98. The van der Waals surface area contributed by atoms with Crippen molar-refractivity contribution in [3.63, 3.8) is 0 Å². The van der Waals surface area contributed by atoms with Crippen LogP contribution in [0.25, 0.3) is 48.8 Å². The minimum absolute atomic E-state index is 0.0246. The van der Waals surface area contributed by atoms with Gasteiger partial charge in [-0.3, -0.25) is 0 Å². The Bertz CT molecular complexity index is 2970. The second-order valence-electron chi connectivity index (χ2n) is 27.4. The summed E-state index contributed by atoms with van der Waals surface area (Å²) in [5.41, 5.74) is 3.31. The quantitative estimate of drug-likeness (QED) is 0.0282. The van der Waals surface area contributed by atoms with Crippen LogP contribution in [0.1, 0.15) is 332 Å². The van der Waals surface area contributed by atoms with E-state index in [0.717, 1.165) is 76.3 Å².